The van der Waals surface area contributed by atoms with Crippen LogP contribution in [-0.2, 0) is 6.54 Å². The first kappa shape index (κ1) is 13.7. The molecule has 106 valence electrons. The van der Waals surface area contributed by atoms with Crippen molar-refractivity contribution in [2.24, 2.45) is 0 Å². The lowest BCUT2D eigenvalue weighted by Crippen LogP contribution is -2.09. The third-order valence-corrected chi connectivity index (χ3v) is 2.74. The first-order valence-electron chi connectivity index (χ1n) is 5.83. The van der Waals surface area contributed by atoms with Crippen LogP contribution in [0.5, 0.6) is 0 Å². The predicted octanol–water partition coefficient (Wildman–Crippen LogP) is 1.49. The number of anilines is 2. The Hall–Kier alpha value is -2.71. The summed E-state index contributed by atoms with van der Waals surface area (Å²) in [6.07, 6.45) is 0. The maximum atomic E-state index is 11.0. The average Bonchev–Trinajstić information content (AvgIpc) is 2.64. The molecule has 2 aromatic heterocycles. The van der Waals surface area contributed by atoms with Gasteiger partial charge in [0.25, 0.3) is 0 Å². The zero-order valence-corrected chi connectivity index (χ0v) is 11.3. The number of aromatic nitrogens is 3. The molecular formula is C11H14N6O3. The maximum absolute atomic E-state index is 11.0. The van der Waals surface area contributed by atoms with Gasteiger partial charge in [0.15, 0.2) is 0 Å². The summed E-state index contributed by atoms with van der Waals surface area (Å²) < 4.78 is 5.38. The van der Waals surface area contributed by atoms with Gasteiger partial charge in [0, 0.05) is 0 Å². The number of hydrogen-bond acceptors (Lipinski definition) is 8. The number of nitrogens with two attached hydrogens (primary N) is 1. The van der Waals surface area contributed by atoms with E-state index in [4.69, 9.17) is 10.2 Å². The summed E-state index contributed by atoms with van der Waals surface area (Å²) in [4.78, 5) is 22.3. The van der Waals surface area contributed by atoms with Crippen molar-refractivity contribution in [3.63, 3.8) is 0 Å². The van der Waals surface area contributed by atoms with Gasteiger partial charge in [-0.05, 0) is 20.8 Å². The van der Waals surface area contributed by atoms with Crippen molar-refractivity contribution in [3.8, 4) is 0 Å². The molecule has 0 atom stereocenters. The quantitative estimate of drug-likeness (QED) is 0.634. The molecule has 9 nitrogen and oxygen atoms in total. The highest BCUT2D eigenvalue weighted by atomic mass is 16.6. The van der Waals surface area contributed by atoms with Crippen molar-refractivity contribution >= 4 is 17.5 Å². The highest BCUT2D eigenvalue weighted by Gasteiger charge is 2.21. The molecule has 3 N–H and O–H groups in total. The van der Waals surface area contributed by atoms with Gasteiger partial charge >= 0.3 is 5.69 Å². The fraction of sp³-hybridized carbons (Fsp3) is 0.364. The molecule has 20 heavy (non-hydrogen) atoms. The second-order valence-electron chi connectivity index (χ2n) is 4.22. The summed E-state index contributed by atoms with van der Waals surface area (Å²) in [5.74, 6) is 1.14. The zero-order valence-electron chi connectivity index (χ0n) is 11.3. The van der Waals surface area contributed by atoms with E-state index in [2.05, 4.69) is 20.3 Å². The number of aryl methyl sites for hydroxylation is 3. The van der Waals surface area contributed by atoms with E-state index in [0.717, 1.165) is 5.69 Å². The molecule has 0 amide bonds. The zero-order chi connectivity index (χ0) is 14.9. The van der Waals surface area contributed by atoms with Crippen molar-refractivity contribution in [1.82, 2.24) is 15.0 Å². The van der Waals surface area contributed by atoms with Crippen LogP contribution in [0.1, 0.15) is 23.0 Å². The molecule has 0 aliphatic rings. The first-order valence-corrected chi connectivity index (χ1v) is 5.83. The van der Waals surface area contributed by atoms with Crippen LogP contribution < -0.4 is 11.1 Å². The molecule has 2 aromatic rings. The Bertz CT molecular complexity index is 647. The van der Waals surface area contributed by atoms with Gasteiger partial charge in [-0.15, -0.1) is 0 Å². The molecule has 2 rings (SSSR count). The monoisotopic (exact) mass is 278 g/mol. The predicted molar refractivity (Wildman–Crippen MR) is 71.1 cm³/mol. The Balaban J connectivity index is 2.26. The molecule has 0 aliphatic heterocycles. The molecule has 0 aliphatic carbocycles. The summed E-state index contributed by atoms with van der Waals surface area (Å²) in [5, 5.41) is 13.8. The summed E-state index contributed by atoms with van der Waals surface area (Å²) in [6.45, 7) is 5.28. The molecule has 0 aromatic carbocycles. The minimum atomic E-state index is -0.552. The second-order valence-corrected chi connectivity index (χ2v) is 4.22. The number of nitrogens with zero attached hydrogens (tertiary/aromatic N) is 4. The van der Waals surface area contributed by atoms with Gasteiger partial charge in [-0.1, -0.05) is 0 Å². The molecule has 0 bridgehead atoms. The SMILES string of the molecule is Cc1nc(CNc2nc(N)nc(C)c2[N+](=O)[O-])oc1C. The van der Waals surface area contributed by atoms with Crippen LogP contribution >= 0.6 is 0 Å². The molecule has 0 spiro atoms. The van der Waals surface area contributed by atoms with Crippen LogP contribution in [0.3, 0.4) is 0 Å². The fourth-order valence-corrected chi connectivity index (χ4v) is 1.70. The van der Waals surface area contributed by atoms with Crippen LogP contribution in [0, 0.1) is 30.9 Å². The van der Waals surface area contributed by atoms with E-state index >= 15 is 0 Å². The Morgan fingerprint density at radius 3 is 2.50 bits per heavy atom. The van der Waals surface area contributed by atoms with Gasteiger partial charge in [0.1, 0.15) is 11.5 Å². The molecule has 0 saturated carbocycles. The van der Waals surface area contributed by atoms with Gasteiger partial charge in [-0.25, -0.2) is 9.97 Å². The van der Waals surface area contributed by atoms with E-state index in [0.29, 0.717) is 11.7 Å². The lowest BCUT2D eigenvalue weighted by molar-refractivity contribution is -0.385. The van der Waals surface area contributed by atoms with Crippen molar-refractivity contribution in [2.75, 3.05) is 11.1 Å². The van der Waals surface area contributed by atoms with E-state index in [1.807, 2.05) is 6.92 Å². The number of rotatable bonds is 4. The van der Waals surface area contributed by atoms with Crippen LogP contribution in [0.25, 0.3) is 0 Å². The summed E-state index contributed by atoms with van der Waals surface area (Å²) in [7, 11) is 0. The number of nitrogen functional groups attached to an aromatic ring is 1. The van der Waals surface area contributed by atoms with Gasteiger partial charge < -0.3 is 15.5 Å². The molecular weight excluding hydrogens is 264 g/mol. The van der Waals surface area contributed by atoms with Crippen LogP contribution in [0.4, 0.5) is 17.5 Å². The minimum absolute atomic E-state index is 0.0321. The van der Waals surface area contributed by atoms with Crippen LogP contribution in [0.15, 0.2) is 4.42 Å². The Labute approximate surface area is 114 Å². The molecule has 2 heterocycles. The third kappa shape index (κ3) is 2.66. The van der Waals surface area contributed by atoms with E-state index in [1.165, 1.54) is 6.92 Å². The first-order chi connectivity index (χ1) is 9.38. The largest absolute Gasteiger partial charge is 0.444 e. The summed E-state index contributed by atoms with van der Waals surface area (Å²) in [5.41, 5.74) is 6.26. The lowest BCUT2D eigenvalue weighted by atomic mass is 10.3. The summed E-state index contributed by atoms with van der Waals surface area (Å²) >= 11 is 0. The number of oxazole rings is 1. The van der Waals surface area contributed by atoms with Gasteiger partial charge in [0.05, 0.1) is 17.2 Å². The maximum Gasteiger partial charge on any atom is 0.332 e. The minimum Gasteiger partial charge on any atom is -0.444 e. The molecule has 0 saturated heterocycles. The van der Waals surface area contributed by atoms with Gasteiger partial charge in [0.2, 0.25) is 17.7 Å². The number of nitro groups is 1. The molecule has 0 unspecified atom stereocenters. The van der Waals surface area contributed by atoms with E-state index < -0.39 is 4.92 Å². The number of nitrogens with one attached hydrogen (secondary N) is 1. The smallest absolute Gasteiger partial charge is 0.332 e. The van der Waals surface area contributed by atoms with E-state index in [1.54, 1.807) is 6.92 Å². The summed E-state index contributed by atoms with van der Waals surface area (Å²) in [6, 6.07) is 0. The van der Waals surface area contributed by atoms with Crippen molar-refractivity contribution in [3.05, 3.63) is 33.2 Å². The third-order valence-electron chi connectivity index (χ3n) is 2.74. The standard InChI is InChI=1S/C11H14N6O3/c1-5-7(3)20-8(14-5)4-13-10-9(17(18)19)6(2)15-11(12)16-10/h4H2,1-3H3,(H3,12,13,15,16). The molecule has 0 fully saturated rings. The van der Waals surface area contributed by atoms with Crippen molar-refractivity contribution in [1.29, 1.82) is 0 Å². The highest BCUT2D eigenvalue weighted by molar-refractivity contribution is 5.60. The molecule has 0 radical (unpaired) electrons. The second kappa shape index (κ2) is 5.11. The van der Waals surface area contributed by atoms with E-state index in [-0.39, 0.29) is 29.7 Å². The lowest BCUT2D eigenvalue weighted by Gasteiger charge is -2.06. The Morgan fingerprint density at radius 1 is 1.25 bits per heavy atom. The van der Waals surface area contributed by atoms with Crippen LogP contribution in [-0.4, -0.2) is 19.9 Å². The normalized spacial score (nSPS) is 10.6. The van der Waals surface area contributed by atoms with Crippen molar-refractivity contribution < 1.29 is 9.34 Å². The van der Waals surface area contributed by atoms with Crippen molar-refractivity contribution in [2.45, 2.75) is 27.3 Å². The topological polar surface area (TPSA) is 133 Å². The molecule has 9 heteroatoms. The average molecular weight is 278 g/mol. The van der Waals surface area contributed by atoms with Gasteiger partial charge in [-0.2, -0.15) is 4.98 Å². The Morgan fingerprint density at radius 2 is 1.95 bits per heavy atom. The highest BCUT2D eigenvalue weighted by Crippen LogP contribution is 2.26. The Kier molecular flexibility index (Phi) is 3.51. The van der Waals surface area contributed by atoms with E-state index in [9.17, 15) is 10.1 Å². The number of hydrogen-bond donors (Lipinski definition) is 2. The fourth-order valence-electron chi connectivity index (χ4n) is 1.70. The van der Waals surface area contributed by atoms with Gasteiger partial charge in [-0.3, -0.25) is 10.1 Å². The van der Waals surface area contributed by atoms with Crippen LogP contribution in [0.2, 0.25) is 0 Å².